The summed E-state index contributed by atoms with van der Waals surface area (Å²) >= 11 is 0. The molecule has 1 aromatic heterocycles. The number of hydrogen-bond donors (Lipinski definition) is 1. The molecule has 2 aromatic rings. The van der Waals surface area contributed by atoms with Crippen LogP contribution in [0.5, 0.6) is 0 Å². The van der Waals surface area contributed by atoms with Crippen LogP contribution < -0.4 is 10.2 Å². The van der Waals surface area contributed by atoms with Crippen molar-refractivity contribution in [3.05, 3.63) is 41.6 Å². The second kappa shape index (κ2) is 7.40. The number of nitrogens with zero attached hydrogens (tertiary/aromatic N) is 4. The Morgan fingerprint density at radius 1 is 1.26 bits per heavy atom. The summed E-state index contributed by atoms with van der Waals surface area (Å²) in [6.45, 7) is 6.14. The van der Waals surface area contributed by atoms with E-state index in [2.05, 4.69) is 63.5 Å². The zero-order chi connectivity index (χ0) is 16.1. The fourth-order valence-corrected chi connectivity index (χ4v) is 3.18. The van der Waals surface area contributed by atoms with E-state index < -0.39 is 0 Å². The summed E-state index contributed by atoms with van der Waals surface area (Å²) in [6.07, 6.45) is 6.56. The molecule has 1 aromatic carbocycles. The highest BCUT2D eigenvalue weighted by Gasteiger charge is 2.23. The Morgan fingerprint density at radius 3 is 2.96 bits per heavy atom. The van der Waals surface area contributed by atoms with Crippen molar-refractivity contribution in [2.75, 3.05) is 16.8 Å². The summed E-state index contributed by atoms with van der Waals surface area (Å²) in [5.41, 5.74) is 2.56. The van der Waals surface area contributed by atoms with Gasteiger partial charge in [0.15, 0.2) is 5.82 Å². The molecular weight excluding hydrogens is 286 g/mol. The number of aromatic nitrogens is 3. The number of nitrogens with one attached hydrogen (secondary N) is 1. The van der Waals surface area contributed by atoms with Crippen molar-refractivity contribution < 1.29 is 0 Å². The largest absolute Gasteiger partial charge is 0.365 e. The van der Waals surface area contributed by atoms with Gasteiger partial charge >= 0.3 is 0 Å². The minimum atomic E-state index is 0.539. The highest BCUT2D eigenvalue weighted by Crippen LogP contribution is 2.24. The minimum absolute atomic E-state index is 0.539. The van der Waals surface area contributed by atoms with Crippen LogP contribution in [0.2, 0.25) is 0 Å². The highest BCUT2D eigenvalue weighted by atomic mass is 15.3. The summed E-state index contributed by atoms with van der Waals surface area (Å²) in [6, 6.07) is 8.92. The molecular formula is C18H25N5. The molecule has 5 heteroatoms. The van der Waals surface area contributed by atoms with E-state index in [0.717, 1.165) is 31.3 Å². The van der Waals surface area contributed by atoms with E-state index in [1.54, 1.807) is 6.20 Å². The van der Waals surface area contributed by atoms with Crippen molar-refractivity contribution in [2.45, 2.75) is 52.1 Å². The first kappa shape index (κ1) is 15.7. The van der Waals surface area contributed by atoms with Crippen LogP contribution in [0.3, 0.4) is 0 Å². The third-order valence-corrected chi connectivity index (χ3v) is 4.62. The molecule has 0 spiro atoms. The van der Waals surface area contributed by atoms with Gasteiger partial charge in [-0.15, -0.1) is 5.10 Å². The molecule has 23 heavy (non-hydrogen) atoms. The van der Waals surface area contributed by atoms with Gasteiger partial charge in [0.1, 0.15) is 0 Å². The second-order valence-electron chi connectivity index (χ2n) is 6.17. The van der Waals surface area contributed by atoms with Crippen molar-refractivity contribution in [2.24, 2.45) is 0 Å². The standard InChI is InChI=1S/C18H25N5/c1-3-16-10-6-7-11-23(16)18-21-17(13-20-22-18)19-12-15-9-5-4-8-14(15)2/h4-5,8-9,13,16H,3,6-7,10-12H2,1-2H3,(H,19,21,22). The van der Waals surface area contributed by atoms with Crippen LogP contribution in [0.1, 0.15) is 43.7 Å². The Morgan fingerprint density at radius 2 is 2.13 bits per heavy atom. The van der Waals surface area contributed by atoms with Crippen LogP contribution in [-0.2, 0) is 6.54 Å². The molecule has 1 atom stereocenters. The van der Waals surface area contributed by atoms with Crippen LogP contribution in [0.15, 0.2) is 30.5 Å². The Labute approximate surface area is 138 Å². The SMILES string of the molecule is CCC1CCCCN1c1nncc(NCc2ccccc2C)n1. The monoisotopic (exact) mass is 311 g/mol. The maximum atomic E-state index is 4.68. The molecule has 0 saturated carbocycles. The van der Waals surface area contributed by atoms with E-state index in [-0.39, 0.29) is 0 Å². The maximum Gasteiger partial charge on any atom is 0.247 e. The molecule has 5 nitrogen and oxygen atoms in total. The van der Waals surface area contributed by atoms with E-state index in [9.17, 15) is 0 Å². The predicted octanol–water partition coefficient (Wildman–Crippen LogP) is 3.56. The van der Waals surface area contributed by atoms with Crippen molar-refractivity contribution in [1.82, 2.24) is 15.2 Å². The predicted molar refractivity (Wildman–Crippen MR) is 93.6 cm³/mol. The first-order valence-corrected chi connectivity index (χ1v) is 8.52. The maximum absolute atomic E-state index is 4.68. The number of benzene rings is 1. The van der Waals surface area contributed by atoms with E-state index in [0.29, 0.717) is 6.04 Å². The molecule has 0 bridgehead atoms. The van der Waals surface area contributed by atoms with Gasteiger partial charge in [-0.3, -0.25) is 0 Å². The molecule has 1 aliphatic rings. The van der Waals surface area contributed by atoms with Gasteiger partial charge in [-0.25, -0.2) is 0 Å². The molecule has 1 aliphatic heterocycles. The van der Waals surface area contributed by atoms with Gasteiger partial charge in [-0.2, -0.15) is 10.1 Å². The van der Waals surface area contributed by atoms with E-state index in [1.165, 1.54) is 30.4 Å². The Balaban J connectivity index is 1.71. The summed E-state index contributed by atoms with van der Waals surface area (Å²) in [5.74, 6) is 1.55. The van der Waals surface area contributed by atoms with E-state index in [4.69, 9.17) is 0 Å². The zero-order valence-corrected chi connectivity index (χ0v) is 14.0. The van der Waals surface area contributed by atoms with Crippen molar-refractivity contribution >= 4 is 11.8 Å². The molecule has 3 rings (SSSR count). The third-order valence-electron chi connectivity index (χ3n) is 4.62. The van der Waals surface area contributed by atoms with Crippen molar-refractivity contribution in [1.29, 1.82) is 0 Å². The molecule has 1 fully saturated rings. The van der Waals surface area contributed by atoms with E-state index >= 15 is 0 Å². The van der Waals surface area contributed by atoms with Crippen molar-refractivity contribution in [3.63, 3.8) is 0 Å². The zero-order valence-electron chi connectivity index (χ0n) is 14.0. The lowest BCUT2D eigenvalue weighted by atomic mass is 10.0. The summed E-state index contributed by atoms with van der Waals surface area (Å²) in [4.78, 5) is 7.00. The smallest absolute Gasteiger partial charge is 0.247 e. The molecule has 2 heterocycles. The molecule has 1 unspecified atom stereocenters. The average Bonchev–Trinajstić information content (AvgIpc) is 2.61. The Bertz CT molecular complexity index is 643. The first-order chi connectivity index (χ1) is 11.3. The third kappa shape index (κ3) is 3.78. The van der Waals surface area contributed by atoms with Crippen LogP contribution in [0.4, 0.5) is 11.8 Å². The van der Waals surface area contributed by atoms with Crippen LogP contribution >= 0.6 is 0 Å². The lowest BCUT2D eigenvalue weighted by Gasteiger charge is -2.34. The molecule has 0 amide bonds. The summed E-state index contributed by atoms with van der Waals surface area (Å²) in [5, 5.41) is 11.8. The van der Waals surface area contributed by atoms with Gasteiger partial charge in [0.25, 0.3) is 0 Å². The lowest BCUT2D eigenvalue weighted by Crippen LogP contribution is -2.40. The second-order valence-corrected chi connectivity index (χ2v) is 6.17. The molecule has 1 N–H and O–H groups in total. The minimum Gasteiger partial charge on any atom is -0.365 e. The normalized spacial score (nSPS) is 18.0. The molecule has 0 radical (unpaired) electrons. The van der Waals surface area contributed by atoms with Gasteiger partial charge in [0, 0.05) is 19.1 Å². The first-order valence-electron chi connectivity index (χ1n) is 8.52. The number of rotatable bonds is 5. The fraction of sp³-hybridized carbons (Fsp3) is 0.500. The molecule has 1 saturated heterocycles. The van der Waals surface area contributed by atoms with Gasteiger partial charge in [0.2, 0.25) is 5.95 Å². The lowest BCUT2D eigenvalue weighted by molar-refractivity contribution is 0.441. The molecule has 122 valence electrons. The number of piperidine rings is 1. The Hall–Kier alpha value is -2.17. The fourth-order valence-electron chi connectivity index (χ4n) is 3.18. The van der Waals surface area contributed by atoms with Gasteiger partial charge in [0.05, 0.1) is 6.20 Å². The van der Waals surface area contributed by atoms with Gasteiger partial charge in [-0.1, -0.05) is 31.2 Å². The number of aryl methyl sites for hydroxylation is 1. The topological polar surface area (TPSA) is 53.9 Å². The van der Waals surface area contributed by atoms with Gasteiger partial charge < -0.3 is 10.2 Å². The number of anilines is 2. The van der Waals surface area contributed by atoms with Gasteiger partial charge in [-0.05, 0) is 43.7 Å². The summed E-state index contributed by atoms with van der Waals surface area (Å²) in [7, 11) is 0. The quantitative estimate of drug-likeness (QED) is 0.915. The van der Waals surface area contributed by atoms with Crippen molar-refractivity contribution in [3.8, 4) is 0 Å². The Kier molecular flexibility index (Phi) is 5.05. The number of hydrogen-bond acceptors (Lipinski definition) is 5. The van der Waals surface area contributed by atoms with E-state index in [1.807, 2.05) is 0 Å². The van der Waals surface area contributed by atoms with Crippen LogP contribution in [0.25, 0.3) is 0 Å². The average molecular weight is 311 g/mol. The van der Waals surface area contributed by atoms with Crippen LogP contribution in [0, 0.1) is 6.92 Å². The highest BCUT2D eigenvalue weighted by molar-refractivity contribution is 5.41. The molecule has 0 aliphatic carbocycles. The summed E-state index contributed by atoms with van der Waals surface area (Å²) < 4.78 is 0. The van der Waals surface area contributed by atoms with Crippen LogP contribution in [-0.4, -0.2) is 27.8 Å².